The van der Waals surface area contributed by atoms with Crippen LogP contribution in [-0.2, 0) is 21.9 Å². The van der Waals surface area contributed by atoms with Crippen molar-refractivity contribution in [2.45, 2.75) is 77.4 Å². The monoisotopic (exact) mass is 482 g/mol. The number of rotatable bonds is 5. The Morgan fingerprint density at radius 3 is 1.85 bits per heavy atom. The Labute approximate surface area is 187 Å². The molecule has 0 unspecified atom stereocenters. The summed E-state index contributed by atoms with van der Waals surface area (Å²) in [6.07, 6.45) is -9.06. The molecule has 186 valence electrons. The largest absolute Gasteiger partial charge is 0.416 e. The van der Waals surface area contributed by atoms with Gasteiger partial charge in [0.1, 0.15) is 6.10 Å². The van der Waals surface area contributed by atoms with Crippen LogP contribution in [0.3, 0.4) is 0 Å². The van der Waals surface area contributed by atoms with Gasteiger partial charge in [0.25, 0.3) is 0 Å². The smallest absolute Gasteiger partial charge is 0.383 e. The van der Waals surface area contributed by atoms with E-state index < -0.39 is 52.5 Å². The van der Waals surface area contributed by atoms with Crippen molar-refractivity contribution in [1.29, 1.82) is 0 Å². The molecule has 5 nitrogen and oxygen atoms in total. The Morgan fingerprint density at radius 2 is 1.42 bits per heavy atom. The van der Waals surface area contributed by atoms with Gasteiger partial charge in [-0.3, -0.25) is 9.59 Å². The van der Waals surface area contributed by atoms with Crippen molar-refractivity contribution in [3.63, 3.8) is 0 Å². The zero-order valence-electron chi connectivity index (χ0n) is 18.5. The predicted molar refractivity (Wildman–Crippen MR) is 109 cm³/mol. The minimum atomic E-state index is -5.00. The Hall–Kier alpha value is -2.30. The molecule has 33 heavy (non-hydrogen) atoms. The van der Waals surface area contributed by atoms with Crippen LogP contribution < -0.4 is 10.6 Å². The summed E-state index contributed by atoms with van der Waals surface area (Å²) in [5, 5.41) is 15.0. The Bertz CT molecular complexity index is 821. The molecule has 1 atom stereocenters. The molecular weight excluding hydrogens is 454 g/mol. The SMILES string of the molecule is CC(C)(C)[C@H](O)C(=O)N[C@H]1CC[C@@H](CC(=O)Nc2cc(C(F)(F)F)cc(C(F)(F)F)c2)CC1. The first-order valence-electron chi connectivity index (χ1n) is 10.5. The Kier molecular flexibility index (Phi) is 8.09. The van der Waals surface area contributed by atoms with Gasteiger partial charge in [0.15, 0.2) is 0 Å². The van der Waals surface area contributed by atoms with Gasteiger partial charge in [0, 0.05) is 18.2 Å². The Morgan fingerprint density at radius 1 is 0.939 bits per heavy atom. The highest BCUT2D eigenvalue weighted by Gasteiger charge is 2.37. The highest BCUT2D eigenvalue weighted by molar-refractivity contribution is 5.91. The maximum atomic E-state index is 13.0. The normalized spacial score (nSPS) is 20.8. The van der Waals surface area contributed by atoms with Gasteiger partial charge in [0.05, 0.1) is 11.1 Å². The molecule has 1 aromatic carbocycles. The summed E-state index contributed by atoms with van der Waals surface area (Å²) in [7, 11) is 0. The highest BCUT2D eigenvalue weighted by Crippen LogP contribution is 2.37. The molecule has 0 aromatic heterocycles. The number of aliphatic hydroxyl groups is 1. The fraction of sp³-hybridized carbons (Fsp3) is 0.636. The highest BCUT2D eigenvalue weighted by atomic mass is 19.4. The lowest BCUT2D eigenvalue weighted by molar-refractivity contribution is -0.143. The third-order valence-corrected chi connectivity index (χ3v) is 5.61. The number of anilines is 1. The van der Waals surface area contributed by atoms with Crippen LogP contribution in [0.1, 0.15) is 64.0 Å². The van der Waals surface area contributed by atoms with Crippen molar-refractivity contribution in [1.82, 2.24) is 5.32 Å². The van der Waals surface area contributed by atoms with E-state index in [0.717, 1.165) is 0 Å². The summed E-state index contributed by atoms with van der Waals surface area (Å²) in [5.74, 6) is -1.29. The molecule has 0 saturated heterocycles. The van der Waals surface area contributed by atoms with E-state index in [-0.39, 0.29) is 24.4 Å². The maximum absolute atomic E-state index is 13.0. The van der Waals surface area contributed by atoms with E-state index in [0.29, 0.717) is 37.8 Å². The zero-order chi connectivity index (χ0) is 25.2. The van der Waals surface area contributed by atoms with Crippen molar-refractivity contribution in [3.05, 3.63) is 29.3 Å². The van der Waals surface area contributed by atoms with Crippen LogP contribution in [0.2, 0.25) is 0 Å². The van der Waals surface area contributed by atoms with Crippen LogP contribution in [0.4, 0.5) is 32.0 Å². The molecule has 1 saturated carbocycles. The number of hydrogen-bond acceptors (Lipinski definition) is 3. The number of hydrogen-bond donors (Lipinski definition) is 3. The molecule has 0 radical (unpaired) electrons. The molecule has 0 aliphatic heterocycles. The minimum absolute atomic E-state index is 0.00181. The van der Waals surface area contributed by atoms with Gasteiger partial charge in [-0.05, 0) is 55.2 Å². The van der Waals surface area contributed by atoms with E-state index in [1.54, 1.807) is 20.8 Å². The number of carbonyl (C=O) groups is 2. The molecule has 3 N–H and O–H groups in total. The van der Waals surface area contributed by atoms with Gasteiger partial charge in [-0.25, -0.2) is 0 Å². The third kappa shape index (κ3) is 7.90. The average Bonchev–Trinajstić information content (AvgIpc) is 2.66. The van der Waals surface area contributed by atoms with E-state index in [2.05, 4.69) is 10.6 Å². The summed E-state index contributed by atoms with van der Waals surface area (Å²) in [4.78, 5) is 24.4. The zero-order valence-corrected chi connectivity index (χ0v) is 18.5. The molecule has 0 spiro atoms. The molecule has 2 amide bonds. The fourth-order valence-corrected chi connectivity index (χ4v) is 3.69. The molecule has 11 heteroatoms. The van der Waals surface area contributed by atoms with Crippen molar-refractivity contribution in [3.8, 4) is 0 Å². The fourth-order valence-electron chi connectivity index (χ4n) is 3.69. The Balaban J connectivity index is 1.94. The van der Waals surface area contributed by atoms with Gasteiger partial charge in [-0.1, -0.05) is 20.8 Å². The lowest BCUT2D eigenvalue weighted by atomic mass is 9.83. The van der Waals surface area contributed by atoms with Gasteiger partial charge in [-0.15, -0.1) is 0 Å². The summed E-state index contributed by atoms with van der Waals surface area (Å²) in [6, 6.07) is 0.772. The number of nitrogens with one attached hydrogen (secondary N) is 2. The number of aliphatic hydroxyl groups excluding tert-OH is 1. The van der Waals surface area contributed by atoms with Crippen molar-refractivity contribution >= 4 is 17.5 Å². The van der Waals surface area contributed by atoms with Crippen LogP contribution in [0.25, 0.3) is 0 Å². The molecule has 2 rings (SSSR count). The topological polar surface area (TPSA) is 78.4 Å². The van der Waals surface area contributed by atoms with Gasteiger partial charge in [-0.2, -0.15) is 26.3 Å². The van der Waals surface area contributed by atoms with E-state index in [1.807, 2.05) is 0 Å². The molecule has 0 bridgehead atoms. The summed E-state index contributed by atoms with van der Waals surface area (Å²) >= 11 is 0. The van der Waals surface area contributed by atoms with E-state index in [1.165, 1.54) is 0 Å². The van der Waals surface area contributed by atoms with Crippen molar-refractivity contribution < 1.29 is 41.0 Å². The first-order chi connectivity index (χ1) is 15.0. The summed E-state index contributed by atoms with van der Waals surface area (Å²) < 4.78 is 77.8. The first-order valence-corrected chi connectivity index (χ1v) is 10.5. The molecule has 1 aliphatic rings. The van der Waals surface area contributed by atoms with Crippen molar-refractivity contribution in [2.24, 2.45) is 11.3 Å². The number of alkyl halides is 6. The van der Waals surface area contributed by atoms with Crippen LogP contribution in [-0.4, -0.2) is 29.1 Å². The van der Waals surface area contributed by atoms with E-state index >= 15 is 0 Å². The van der Waals surface area contributed by atoms with Crippen LogP contribution >= 0.6 is 0 Å². The quantitative estimate of drug-likeness (QED) is 0.509. The van der Waals surface area contributed by atoms with E-state index in [9.17, 15) is 41.0 Å². The van der Waals surface area contributed by atoms with E-state index in [4.69, 9.17) is 0 Å². The van der Waals surface area contributed by atoms with Gasteiger partial charge >= 0.3 is 12.4 Å². The van der Waals surface area contributed by atoms with Crippen LogP contribution in [0.5, 0.6) is 0 Å². The number of carbonyl (C=O) groups excluding carboxylic acids is 2. The lowest BCUT2D eigenvalue weighted by Crippen LogP contribution is -2.47. The number of amides is 2. The average molecular weight is 482 g/mol. The van der Waals surface area contributed by atoms with Crippen LogP contribution in [0.15, 0.2) is 18.2 Å². The second kappa shape index (κ2) is 9.90. The molecule has 1 fully saturated rings. The number of halogens is 6. The molecule has 0 heterocycles. The molecular formula is C22H28F6N2O3. The lowest BCUT2D eigenvalue weighted by Gasteiger charge is -2.31. The maximum Gasteiger partial charge on any atom is 0.416 e. The molecule has 1 aliphatic carbocycles. The number of benzene rings is 1. The van der Waals surface area contributed by atoms with Gasteiger partial charge in [0.2, 0.25) is 11.8 Å². The first kappa shape index (κ1) is 26.9. The summed E-state index contributed by atoms with van der Waals surface area (Å²) in [5.41, 5.74) is -4.18. The van der Waals surface area contributed by atoms with Crippen molar-refractivity contribution in [2.75, 3.05) is 5.32 Å². The standard InChI is InChI=1S/C22H28F6N2O3/c1-20(2,3)18(32)19(33)30-15-6-4-12(5-7-15)8-17(31)29-16-10-13(21(23,24)25)9-14(11-16)22(26,27)28/h9-12,15,18,32H,4-8H2,1-3H3,(H,29,31)(H,30,33)/t12-,15+,18-/m1/s1. The second-order valence-electron chi connectivity index (χ2n) is 9.54. The second-order valence-corrected chi connectivity index (χ2v) is 9.54. The predicted octanol–water partition coefficient (Wildman–Crippen LogP) is 5.13. The molecule has 1 aromatic rings. The summed E-state index contributed by atoms with van der Waals surface area (Å²) in [6.45, 7) is 5.19. The van der Waals surface area contributed by atoms with Gasteiger partial charge < -0.3 is 15.7 Å². The van der Waals surface area contributed by atoms with Crippen LogP contribution in [0, 0.1) is 11.3 Å². The minimum Gasteiger partial charge on any atom is -0.383 e. The third-order valence-electron chi connectivity index (χ3n) is 5.61.